The molecule has 90 valence electrons. The van der Waals surface area contributed by atoms with Gasteiger partial charge in [-0.15, -0.1) is 0 Å². The van der Waals surface area contributed by atoms with Crippen LogP contribution in [0.25, 0.3) is 0 Å². The summed E-state index contributed by atoms with van der Waals surface area (Å²) in [6, 6.07) is 2.66. The Bertz CT molecular complexity index is 521. The zero-order valence-electron chi connectivity index (χ0n) is 10.2. The normalized spacial score (nSPS) is 15.2. The smallest absolute Gasteiger partial charge is 0.203 e. The SMILES string of the molecule is Cc1cn(Cc2ccnn2C)c(NC2CC2)n1. The number of rotatable bonds is 4. The molecule has 2 aromatic heterocycles. The van der Waals surface area contributed by atoms with Crippen molar-refractivity contribution in [3.63, 3.8) is 0 Å². The van der Waals surface area contributed by atoms with Gasteiger partial charge in [-0.05, 0) is 25.8 Å². The monoisotopic (exact) mass is 231 g/mol. The van der Waals surface area contributed by atoms with Crippen LogP contribution < -0.4 is 5.32 Å². The van der Waals surface area contributed by atoms with Gasteiger partial charge in [0.1, 0.15) is 0 Å². The van der Waals surface area contributed by atoms with E-state index in [1.165, 1.54) is 18.5 Å². The number of nitrogens with one attached hydrogen (secondary N) is 1. The Hall–Kier alpha value is -1.78. The van der Waals surface area contributed by atoms with E-state index >= 15 is 0 Å². The van der Waals surface area contributed by atoms with Crippen molar-refractivity contribution in [2.24, 2.45) is 7.05 Å². The highest BCUT2D eigenvalue weighted by Gasteiger charge is 2.23. The minimum absolute atomic E-state index is 0.627. The Labute approximate surface area is 100 Å². The number of imidazole rings is 1. The van der Waals surface area contributed by atoms with Crippen LogP contribution in [0.4, 0.5) is 5.95 Å². The van der Waals surface area contributed by atoms with Gasteiger partial charge in [0, 0.05) is 25.5 Å². The molecule has 1 aliphatic rings. The van der Waals surface area contributed by atoms with Crippen molar-refractivity contribution >= 4 is 5.95 Å². The lowest BCUT2D eigenvalue weighted by Gasteiger charge is -2.09. The predicted octanol–water partition coefficient (Wildman–Crippen LogP) is 1.55. The first kappa shape index (κ1) is 10.4. The molecule has 1 saturated carbocycles. The third-order valence-corrected chi connectivity index (χ3v) is 3.06. The van der Waals surface area contributed by atoms with Crippen LogP contribution >= 0.6 is 0 Å². The molecule has 0 saturated heterocycles. The van der Waals surface area contributed by atoms with Crippen LogP contribution in [0.2, 0.25) is 0 Å². The average Bonchev–Trinajstić information content (AvgIpc) is 2.91. The topological polar surface area (TPSA) is 47.7 Å². The molecule has 1 N–H and O–H groups in total. The Morgan fingerprint density at radius 1 is 1.47 bits per heavy atom. The summed E-state index contributed by atoms with van der Waals surface area (Å²) in [4.78, 5) is 4.52. The van der Waals surface area contributed by atoms with Crippen LogP contribution in [-0.2, 0) is 13.6 Å². The molecule has 0 spiro atoms. The highest BCUT2D eigenvalue weighted by molar-refractivity contribution is 5.32. The lowest BCUT2D eigenvalue weighted by molar-refractivity contribution is 0.668. The largest absolute Gasteiger partial charge is 0.353 e. The third-order valence-electron chi connectivity index (χ3n) is 3.06. The highest BCUT2D eigenvalue weighted by Crippen LogP contribution is 2.24. The van der Waals surface area contributed by atoms with Gasteiger partial charge in [-0.25, -0.2) is 4.98 Å². The van der Waals surface area contributed by atoms with Crippen LogP contribution in [0.15, 0.2) is 18.5 Å². The van der Waals surface area contributed by atoms with E-state index in [-0.39, 0.29) is 0 Å². The summed E-state index contributed by atoms with van der Waals surface area (Å²) in [6.45, 7) is 2.84. The second-order valence-electron chi connectivity index (χ2n) is 4.70. The molecule has 3 rings (SSSR count). The van der Waals surface area contributed by atoms with Crippen molar-refractivity contribution in [3.05, 3.63) is 29.8 Å². The van der Waals surface area contributed by atoms with Gasteiger partial charge in [0.25, 0.3) is 0 Å². The fraction of sp³-hybridized carbons (Fsp3) is 0.500. The van der Waals surface area contributed by atoms with Crippen molar-refractivity contribution in [2.45, 2.75) is 32.4 Å². The lowest BCUT2D eigenvalue weighted by atomic mass is 10.4. The van der Waals surface area contributed by atoms with E-state index < -0.39 is 0 Å². The van der Waals surface area contributed by atoms with E-state index in [1.807, 2.05) is 30.9 Å². The number of nitrogens with zero attached hydrogens (tertiary/aromatic N) is 4. The maximum atomic E-state index is 4.52. The molecule has 0 amide bonds. The number of hydrogen-bond donors (Lipinski definition) is 1. The van der Waals surface area contributed by atoms with E-state index in [4.69, 9.17) is 0 Å². The van der Waals surface area contributed by atoms with Crippen molar-refractivity contribution in [1.82, 2.24) is 19.3 Å². The Balaban J connectivity index is 1.83. The number of aromatic nitrogens is 4. The van der Waals surface area contributed by atoms with Crippen LogP contribution in [0.3, 0.4) is 0 Å². The first-order valence-corrected chi connectivity index (χ1v) is 5.99. The number of aryl methyl sites for hydroxylation is 2. The quantitative estimate of drug-likeness (QED) is 0.868. The molecule has 0 radical (unpaired) electrons. The van der Waals surface area contributed by atoms with Gasteiger partial charge < -0.3 is 9.88 Å². The van der Waals surface area contributed by atoms with Gasteiger partial charge in [-0.1, -0.05) is 0 Å². The number of anilines is 1. The molecule has 0 aromatic carbocycles. The second kappa shape index (κ2) is 3.91. The number of hydrogen-bond acceptors (Lipinski definition) is 3. The molecular formula is C12H17N5. The van der Waals surface area contributed by atoms with E-state index in [1.54, 1.807) is 0 Å². The molecule has 5 nitrogen and oxygen atoms in total. The van der Waals surface area contributed by atoms with Crippen LogP contribution in [-0.4, -0.2) is 25.4 Å². The second-order valence-corrected chi connectivity index (χ2v) is 4.70. The fourth-order valence-electron chi connectivity index (χ4n) is 1.92. The molecule has 0 unspecified atom stereocenters. The Morgan fingerprint density at radius 2 is 2.29 bits per heavy atom. The minimum atomic E-state index is 0.627. The molecule has 17 heavy (non-hydrogen) atoms. The van der Waals surface area contributed by atoms with E-state index in [2.05, 4.69) is 26.2 Å². The summed E-state index contributed by atoms with van der Waals surface area (Å²) in [5.41, 5.74) is 2.23. The molecule has 0 aliphatic heterocycles. The van der Waals surface area contributed by atoms with Gasteiger partial charge >= 0.3 is 0 Å². The fourth-order valence-corrected chi connectivity index (χ4v) is 1.92. The van der Waals surface area contributed by atoms with E-state index in [0.717, 1.165) is 18.2 Å². The molecule has 2 heterocycles. The first-order valence-electron chi connectivity index (χ1n) is 5.99. The van der Waals surface area contributed by atoms with Crippen LogP contribution in [0.1, 0.15) is 24.2 Å². The Morgan fingerprint density at radius 3 is 2.94 bits per heavy atom. The Kier molecular flexibility index (Phi) is 2.39. The van der Waals surface area contributed by atoms with Crippen molar-refractivity contribution < 1.29 is 0 Å². The summed E-state index contributed by atoms with van der Waals surface area (Å²) in [5, 5.41) is 7.64. The molecule has 1 fully saturated rings. The standard InChI is InChI=1S/C12H17N5/c1-9-7-17(8-11-5-6-13-16(11)2)12(14-9)15-10-3-4-10/h5-7,10H,3-4,8H2,1-2H3,(H,14,15). The van der Waals surface area contributed by atoms with Crippen molar-refractivity contribution in [3.8, 4) is 0 Å². The molecule has 5 heteroatoms. The maximum Gasteiger partial charge on any atom is 0.203 e. The minimum Gasteiger partial charge on any atom is -0.353 e. The molecule has 0 bridgehead atoms. The summed E-state index contributed by atoms with van der Waals surface area (Å²) in [7, 11) is 1.97. The maximum absolute atomic E-state index is 4.52. The van der Waals surface area contributed by atoms with E-state index in [0.29, 0.717) is 6.04 Å². The van der Waals surface area contributed by atoms with Crippen LogP contribution in [0, 0.1) is 6.92 Å². The van der Waals surface area contributed by atoms with Gasteiger partial charge in [0.15, 0.2) is 0 Å². The van der Waals surface area contributed by atoms with Gasteiger partial charge in [0.05, 0.1) is 17.9 Å². The summed E-state index contributed by atoms with van der Waals surface area (Å²) in [5.74, 6) is 0.978. The predicted molar refractivity (Wildman–Crippen MR) is 65.9 cm³/mol. The molecule has 1 aliphatic carbocycles. The molecule has 0 atom stereocenters. The van der Waals surface area contributed by atoms with E-state index in [9.17, 15) is 0 Å². The van der Waals surface area contributed by atoms with Crippen molar-refractivity contribution in [1.29, 1.82) is 0 Å². The zero-order chi connectivity index (χ0) is 11.8. The summed E-state index contributed by atoms with van der Waals surface area (Å²) < 4.78 is 4.06. The van der Waals surface area contributed by atoms with Crippen LogP contribution in [0.5, 0.6) is 0 Å². The lowest BCUT2D eigenvalue weighted by Crippen LogP contribution is -2.11. The third kappa shape index (κ3) is 2.18. The summed E-state index contributed by atoms with van der Waals surface area (Å²) >= 11 is 0. The average molecular weight is 231 g/mol. The van der Waals surface area contributed by atoms with Gasteiger partial charge in [-0.3, -0.25) is 4.68 Å². The summed E-state index contributed by atoms with van der Waals surface area (Å²) in [6.07, 6.45) is 6.43. The zero-order valence-corrected chi connectivity index (χ0v) is 10.2. The van der Waals surface area contributed by atoms with Gasteiger partial charge in [-0.2, -0.15) is 5.10 Å². The highest BCUT2D eigenvalue weighted by atomic mass is 15.3. The first-order chi connectivity index (χ1) is 8.22. The molecule has 2 aromatic rings. The van der Waals surface area contributed by atoms with Gasteiger partial charge in [0.2, 0.25) is 5.95 Å². The molecular weight excluding hydrogens is 214 g/mol. The van der Waals surface area contributed by atoms with Crippen molar-refractivity contribution in [2.75, 3.05) is 5.32 Å².